The number of nitrogens with one attached hydrogen (secondary N) is 1. The van der Waals surface area contributed by atoms with Crippen LogP contribution in [-0.2, 0) is 4.74 Å². The van der Waals surface area contributed by atoms with Gasteiger partial charge in [0.1, 0.15) is 5.58 Å². The fourth-order valence-electron chi connectivity index (χ4n) is 2.50. The van der Waals surface area contributed by atoms with Crippen molar-refractivity contribution in [3.8, 4) is 0 Å². The Morgan fingerprint density at radius 3 is 2.78 bits per heavy atom. The molecule has 0 atom stereocenters. The maximum atomic E-state index is 12.2. The monoisotopic (exact) mass is 337 g/mol. The van der Waals surface area contributed by atoms with Gasteiger partial charge < -0.3 is 19.6 Å². The number of hydrogen-bond donors (Lipinski definition) is 2. The van der Waals surface area contributed by atoms with Crippen molar-refractivity contribution in [2.45, 2.75) is 18.4 Å². The van der Waals surface area contributed by atoms with Gasteiger partial charge in [-0.15, -0.1) is 0 Å². The van der Waals surface area contributed by atoms with Crippen LogP contribution in [-0.4, -0.2) is 36.4 Å². The number of carbonyl (C=O) groups is 1. The van der Waals surface area contributed by atoms with Crippen LogP contribution in [0.15, 0.2) is 33.5 Å². The van der Waals surface area contributed by atoms with Gasteiger partial charge >= 0.3 is 0 Å². The molecule has 1 aromatic carbocycles. The van der Waals surface area contributed by atoms with Gasteiger partial charge in [0.2, 0.25) is 0 Å². The Kier molecular flexibility index (Phi) is 4.39. The van der Waals surface area contributed by atoms with Gasteiger partial charge in [0.05, 0.1) is 11.0 Å². The highest BCUT2D eigenvalue weighted by Gasteiger charge is 2.30. The van der Waals surface area contributed by atoms with E-state index in [0.29, 0.717) is 36.5 Å². The van der Waals surface area contributed by atoms with Gasteiger partial charge in [-0.2, -0.15) is 0 Å². The maximum Gasteiger partial charge on any atom is 0.287 e. The average Bonchev–Trinajstić information content (AvgIpc) is 2.54. The van der Waals surface area contributed by atoms with Gasteiger partial charge in [-0.3, -0.25) is 9.59 Å². The first-order valence-corrected chi connectivity index (χ1v) is 7.66. The number of halogens is 1. The van der Waals surface area contributed by atoms with E-state index in [9.17, 15) is 14.7 Å². The van der Waals surface area contributed by atoms with Crippen LogP contribution < -0.4 is 10.7 Å². The minimum atomic E-state index is -0.988. The largest absolute Gasteiger partial charge is 0.451 e. The first kappa shape index (κ1) is 16.0. The molecular formula is C16H16ClNO5. The molecule has 1 aromatic heterocycles. The number of carbonyl (C=O) groups excluding carboxylic acids is 1. The van der Waals surface area contributed by atoms with Crippen molar-refractivity contribution in [1.29, 1.82) is 0 Å². The van der Waals surface area contributed by atoms with Crippen molar-refractivity contribution >= 4 is 28.5 Å². The molecule has 122 valence electrons. The first-order chi connectivity index (χ1) is 11.0. The lowest BCUT2D eigenvalue weighted by Gasteiger charge is -2.31. The fraction of sp³-hybridized carbons (Fsp3) is 0.375. The van der Waals surface area contributed by atoms with Crippen LogP contribution in [0.5, 0.6) is 0 Å². The zero-order chi connectivity index (χ0) is 16.4. The second kappa shape index (κ2) is 6.31. The van der Waals surface area contributed by atoms with Gasteiger partial charge in [-0.05, 0) is 18.2 Å². The Morgan fingerprint density at radius 2 is 2.04 bits per heavy atom. The molecule has 23 heavy (non-hydrogen) atoms. The van der Waals surface area contributed by atoms with Crippen LogP contribution in [0.4, 0.5) is 0 Å². The highest BCUT2D eigenvalue weighted by molar-refractivity contribution is 6.31. The van der Waals surface area contributed by atoms with Crippen molar-refractivity contribution in [2.24, 2.45) is 0 Å². The molecule has 3 rings (SSSR count). The third kappa shape index (κ3) is 3.55. The predicted molar refractivity (Wildman–Crippen MR) is 84.8 cm³/mol. The molecule has 2 heterocycles. The topological polar surface area (TPSA) is 88.8 Å². The molecule has 0 spiro atoms. The normalized spacial score (nSPS) is 17.1. The van der Waals surface area contributed by atoms with E-state index < -0.39 is 11.5 Å². The Labute approximate surface area is 137 Å². The number of hydrogen-bond acceptors (Lipinski definition) is 5. The Morgan fingerprint density at radius 1 is 1.30 bits per heavy atom. The van der Waals surface area contributed by atoms with Crippen LogP contribution >= 0.6 is 11.6 Å². The molecule has 0 bridgehead atoms. The second-order valence-electron chi connectivity index (χ2n) is 5.63. The lowest BCUT2D eigenvalue weighted by molar-refractivity contribution is -0.0605. The van der Waals surface area contributed by atoms with Crippen LogP contribution in [0.3, 0.4) is 0 Å². The van der Waals surface area contributed by atoms with Crippen LogP contribution in [0.1, 0.15) is 23.4 Å². The van der Waals surface area contributed by atoms with Gasteiger partial charge in [0, 0.05) is 43.7 Å². The third-order valence-corrected chi connectivity index (χ3v) is 4.15. The Bertz CT molecular complexity index is 795. The van der Waals surface area contributed by atoms with E-state index in [2.05, 4.69) is 5.32 Å². The number of aliphatic hydroxyl groups is 1. The molecule has 6 nitrogen and oxygen atoms in total. The van der Waals surface area contributed by atoms with Crippen LogP contribution in [0, 0.1) is 0 Å². The number of fused-ring (bicyclic) bond motifs is 1. The molecule has 1 saturated heterocycles. The van der Waals surface area contributed by atoms with Crippen molar-refractivity contribution in [3.05, 3.63) is 45.3 Å². The van der Waals surface area contributed by atoms with Crippen molar-refractivity contribution < 1.29 is 19.1 Å². The molecule has 1 aliphatic rings. The fourth-order valence-corrected chi connectivity index (χ4v) is 2.67. The highest BCUT2D eigenvalue weighted by atomic mass is 35.5. The minimum Gasteiger partial charge on any atom is -0.451 e. The first-order valence-electron chi connectivity index (χ1n) is 7.29. The number of amides is 1. The molecule has 1 fully saturated rings. The Balaban J connectivity index is 1.78. The molecule has 0 aliphatic carbocycles. The molecular weight excluding hydrogens is 322 g/mol. The number of benzene rings is 1. The van der Waals surface area contributed by atoms with E-state index in [1.807, 2.05) is 0 Å². The Hall–Kier alpha value is -1.89. The highest BCUT2D eigenvalue weighted by Crippen LogP contribution is 2.20. The van der Waals surface area contributed by atoms with E-state index >= 15 is 0 Å². The second-order valence-corrected chi connectivity index (χ2v) is 6.07. The summed E-state index contributed by atoms with van der Waals surface area (Å²) in [5.41, 5.74) is -1.04. The van der Waals surface area contributed by atoms with Gasteiger partial charge in [0.25, 0.3) is 5.91 Å². The molecule has 7 heteroatoms. The summed E-state index contributed by atoms with van der Waals surface area (Å²) < 4.78 is 10.6. The molecule has 1 aliphatic heterocycles. The zero-order valence-corrected chi connectivity index (χ0v) is 13.1. The molecule has 1 amide bonds. The summed E-state index contributed by atoms with van der Waals surface area (Å²) in [5.74, 6) is -0.639. The number of ether oxygens (including phenoxy) is 1. The molecule has 0 unspecified atom stereocenters. The van der Waals surface area contributed by atoms with Crippen molar-refractivity contribution in [2.75, 3.05) is 19.8 Å². The lowest BCUT2D eigenvalue weighted by Crippen LogP contribution is -2.46. The summed E-state index contributed by atoms with van der Waals surface area (Å²) in [5, 5.41) is 13.7. The average molecular weight is 338 g/mol. The summed E-state index contributed by atoms with van der Waals surface area (Å²) >= 11 is 5.85. The lowest BCUT2D eigenvalue weighted by atomic mass is 9.94. The van der Waals surface area contributed by atoms with Gasteiger partial charge in [0.15, 0.2) is 11.2 Å². The predicted octanol–water partition coefficient (Wildman–Crippen LogP) is 1.72. The number of rotatable bonds is 3. The minimum absolute atomic E-state index is 0.0809. The van der Waals surface area contributed by atoms with E-state index in [4.69, 9.17) is 20.8 Å². The van der Waals surface area contributed by atoms with Crippen LogP contribution in [0.25, 0.3) is 11.0 Å². The smallest absolute Gasteiger partial charge is 0.287 e. The van der Waals surface area contributed by atoms with E-state index in [1.165, 1.54) is 6.07 Å². The quantitative estimate of drug-likeness (QED) is 0.890. The van der Waals surface area contributed by atoms with E-state index in [0.717, 1.165) is 6.07 Å². The third-order valence-electron chi connectivity index (χ3n) is 3.91. The van der Waals surface area contributed by atoms with Crippen molar-refractivity contribution in [1.82, 2.24) is 5.32 Å². The molecule has 2 aromatic rings. The zero-order valence-electron chi connectivity index (χ0n) is 12.3. The standard InChI is InChI=1S/C16H16ClNO5/c17-10-1-2-13-11(7-10)12(19)8-14(23-13)15(20)18-9-16(21)3-5-22-6-4-16/h1-2,7-8,21H,3-6,9H2,(H,18,20). The SMILES string of the molecule is O=C(NCC1(O)CCOCC1)c1cc(=O)c2cc(Cl)ccc2o1. The van der Waals surface area contributed by atoms with Gasteiger partial charge in [-0.25, -0.2) is 0 Å². The molecule has 0 radical (unpaired) electrons. The van der Waals surface area contributed by atoms with Gasteiger partial charge in [-0.1, -0.05) is 11.6 Å². The van der Waals surface area contributed by atoms with E-state index in [-0.39, 0.29) is 23.3 Å². The summed E-state index contributed by atoms with van der Waals surface area (Å²) in [6.45, 7) is 0.994. The summed E-state index contributed by atoms with van der Waals surface area (Å²) in [4.78, 5) is 24.2. The summed E-state index contributed by atoms with van der Waals surface area (Å²) in [6.07, 6.45) is 0.904. The van der Waals surface area contributed by atoms with E-state index in [1.54, 1.807) is 12.1 Å². The molecule has 0 saturated carbocycles. The van der Waals surface area contributed by atoms with Crippen LogP contribution in [0.2, 0.25) is 5.02 Å². The van der Waals surface area contributed by atoms with Crippen molar-refractivity contribution in [3.63, 3.8) is 0 Å². The summed E-state index contributed by atoms with van der Waals surface area (Å²) in [6, 6.07) is 5.75. The molecule has 2 N–H and O–H groups in total. The summed E-state index contributed by atoms with van der Waals surface area (Å²) in [7, 11) is 0. The maximum absolute atomic E-state index is 12.2.